The zero-order valence-electron chi connectivity index (χ0n) is 7.22. The number of methoxy groups -OCH3 is 1. The first-order valence-corrected chi connectivity index (χ1v) is 3.57. The molecule has 0 fully saturated rings. The highest BCUT2D eigenvalue weighted by atomic mass is 16.5. The highest BCUT2D eigenvalue weighted by Crippen LogP contribution is 1.96. The van der Waals surface area contributed by atoms with Crippen LogP contribution in [0.2, 0.25) is 0 Å². The Hall–Kier alpha value is -0.990. The molecule has 0 saturated carbocycles. The molecule has 0 amide bonds. The molecule has 0 unspecified atom stereocenters. The first kappa shape index (κ1) is 10.0. The maximum atomic E-state index is 10.7. The van der Waals surface area contributed by atoms with Crippen molar-refractivity contribution in [2.75, 3.05) is 13.7 Å². The average Bonchev–Trinajstić information content (AvgIpc) is 2.01. The van der Waals surface area contributed by atoms with E-state index in [4.69, 9.17) is 9.47 Å². The summed E-state index contributed by atoms with van der Waals surface area (Å²) < 4.78 is 9.53. The molecule has 0 radical (unpaired) electrons. The number of esters is 1. The van der Waals surface area contributed by atoms with Gasteiger partial charge in [-0.15, -0.1) is 0 Å². The van der Waals surface area contributed by atoms with Gasteiger partial charge in [0.15, 0.2) is 0 Å². The second-order valence-electron chi connectivity index (χ2n) is 2.03. The van der Waals surface area contributed by atoms with Gasteiger partial charge in [0.1, 0.15) is 0 Å². The minimum atomic E-state index is -0.219. The average molecular weight is 158 g/mol. The summed E-state index contributed by atoms with van der Waals surface area (Å²) in [4.78, 5) is 10.7. The Morgan fingerprint density at radius 2 is 2.18 bits per heavy atom. The van der Waals surface area contributed by atoms with E-state index in [1.54, 1.807) is 27.0 Å². The number of allylic oxidation sites excluding steroid dienone is 1. The lowest BCUT2D eigenvalue weighted by molar-refractivity contribution is -0.142. The van der Waals surface area contributed by atoms with E-state index >= 15 is 0 Å². The van der Waals surface area contributed by atoms with Crippen LogP contribution in [0, 0.1) is 0 Å². The van der Waals surface area contributed by atoms with E-state index < -0.39 is 0 Å². The van der Waals surface area contributed by atoms with Crippen LogP contribution in [-0.4, -0.2) is 19.7 Å². The maximum absolute atomic E-state index is 10.7. The fourth-order valence-corrected chi connectivity index (χ4v) is 0.530. The van der Waals surface area contributed by atoms with E-state index in [1.807, 2.05) is 0 Å². The predicted molar refractivity (Wildman–Crippen MR) is 42.0 cm³/mol. The number of rotatable bonds is 4. The molecule has 0 rings (SSSR count). The molecule has 0 aliphatic heterocycles. The molecule has 0 bridgehead atoms. The van der Waals surface area contributed by atoms with Crippen LogP contribution >= 0.6 is 0 Å². The third-order valence-corrected chi connectivity index (χ3v) is 1.18. The van der Waals surface area contributed by atoms with Crippen LogP contribution < -0.4 is 0 Å². The van der Waals surface area contributed by atoms with Gasteiger partial charge in [-0.1, -0.05) is 0 Å². The highest BCUT2D eigenvalue weighted by molar-refractivity contribution is 5.71. The summed E-state index contributed by atoms with van der Waals surface area (Å²) in [6, 6.07) is 0. The monoisotopic (exact) mass is 158 g/mol. The van der Waals surface area contributed by atoms with Crippen LogP contribution in [0.1, 0.15) is 20.3 Å². The fraction of sp³-hybridized carbons (Fsp3) is 0.625. The van der Waals surface area contributed by atoms with Crippen LogP contribution in [0.5, 0.6) is 0 Å². The lowest BCUT2D eigenvalue weighted by Crippen LogP contribution is -2.02. The Kier molecular flexibility index (Phi) is 5.25. The molecular weight excluding hydrogens is 144 g/mol. The standard InChI is InChI=1S/C8H14O3/c1-4-11-8(9)6-5-7(2)10-3/h5H,4,6H2,1-3H3. The zero-order chi connectivity index (χ0) is 8.69. The molecule has 64 valence electrons. The fourth-order valence-electron chi connectivity index (χ4n) is 0.530. The molecule has 0 spiro atoms. The van der Waals surface area contributed by atoms with Gasteiger partial charge in [-0.05, 0) is 19.9 Å². The molecule has 0 aromatic rings. The summed E-state index contributed by atoms with van der Waals surface area (Å²) in [7, 11) is 1.57. The number of hydrogen-bond donors (Lipinski definition) is 0. The normalized spacial score (nSPS) is 11.0. The molecule has 0 atom stereocenters. The zero-order valence-corrected chi connectivity index (χ0v) is 7.22. The van der Waals surface area contributed by atoms with Crippen LogP contribution in [0.4, 0.5) is 0 Å². The van der Waals surface area contributed by atoms with E-state index in [9.17, 15) is 4.79 Å². The van der Waals surface area contributed by atoms with Crippen molar-refractivity contribution in [3.8, 4) is 0 Å². The smallest absolute Gasteiger partial charge is 0.309 e. The van der Waals surface area contributed by atoms with Gasteiger partial charge in [0, 0.05) is 0 Å². The molecule has 3 nitrogen and oxygen atoms in total. The van der Waals surface area contributed by atoms with Crippen molar-refractivity contribution in [3.63, 3.8) is 0 Å². The van der Waals surface area contributed by atoms with E-state index in [0.717, 1.165) is 5.76 Å². The quantitative estimate of drug-likeness (QED) is 0.459. The molecule has 0 aliphatic carbocycles. The first-order chi connectivity index (χ1) is 5.20. The van der Waals surface area contributed by atoms with Gasteiger partial charge in [-0.2, -0.15) is 0 Å². The Morgan fingerprint density at radius 3 is 2.64 bits per heavy atom. The minimum absolute atomic E-state index is 0.219. The van der Waals surface area contributed by atoms with Crippen molar-refractivity contribution >= 4 is 5.97 Å². The number of carbonyl (C=O) groups excluding carboxylic acids is 1. The second-order valence-corrected chi connectivity index (χ2v) is 2.03. The lowest BCUT2D eigenvalue weighted by atomic mass is 10.4. The summed E-state index contributed by atoms with van der Waals surface area (Å²) >= 11 is 0. The Bertz CT molecular complexity index is 149. The molecule has 0 heterocycles. The van der Waals surface area contributed by atoms with Gasteiger partial charge >= 0.3 is 5.97 Å². The van der Waals surface area contributed by atoms with Crippen molar-refractivity contribution in [1.82, 2.24) is 0 Å². The van der Waals surface area contributed by atoms with Crippen molar-refractivity contribution in [2.45, 2.75) is 20.3 Å². The highest BCUT2D eigenvalue weighted by Gasteiger charge is 1.97. The molecule has 0 aromatic carbocycles. The van der Waals surface area contributed by atoms with Crippen molar-refractivity contribution in [3.05, 3.63) is 11.8 Å². The Balaban J connectivity index is 3.60. The van der Waals surface area contributed by atoms with Gasteiger partial charge in [0.25, 0.3) is 0 Å². The predicted octanol–water partition coefficient (Wildman–Crippen LogP) is 1.49. The second kappa shape index (κ2) is 5.77. The van der Waals surface area contributed by atoms with Crippen molar-refractivity contribution in [1.29, 1.82) is 0 Å². The third-order valence-electron chi connectivity index (χ3n) is 1.18. The topological polar surface area (TPSA) is 35.5 Å². The summed E-state index contributed by atoms with van der Waals surface area (Å²) in [6.45, 7) is 4.00. The van der Waals surface area contributed by atoms with E-state index in [1.165, 1.54) is 0 Å². The molecule has 11 heavy (non-hydrogen) atoms. The van der Waals surface area contributed by atoms with Crippen LogP contribution in [0.15, 0.2) is 11.8 Å². The SMILES string of the molecule is CCOC(=O)CC=C(C)OC. The van der Waals surface area contributed by atoms with Crippen molar-refractivity contribution in [2.24, 2.45) is 0 Å². The molecule has 0 aromatic heterocycles. The van der Waals surface area contributed by atoms with E-state index in [-0.39, 0.29) is 12.4 Å². The Labute approximate surface area is 67.0 Å². The van der Waals surface area contributed by atoms with Gasteiger partial charge in [0.05, 0.1) is 25.9 Å². The van der Waals surface area contributed by atoms with E-state index in [2.05, 4.69) is 0 Å². The summed E-state index contributed by atoms with van der Waals surface area (Å²) in [5.41, 5.74) is 0. The number of carbonyl (C=O) groups is 1. The lowest BCUT2D eigenvalue weighted by Gasteiger charge is -1.99. The summed E-state index contributed by atoms with van der Waals surface area (Å²) in [5.74, 6) is 0.516. The number of ether oxygens (including phenoxy) is 2. The van der Waals surface area contributed by atoms with E-state index in [0.29, 0.717) is 6.61 Å². The largest absolute Gasteiger partial charge is 0.502 e. The minimum Gasteiger partial charge on any atom is -0.502 e. The summed E-state index contributed by atoms with van der Waals surface area (Å²) in [6.07, 6.45) is 1.98. The van der Waals surface area contributed by atoms with Crippen LogP contribution in [0.3, 0.4) is 0 Å². The molecular formula is C8H14O3. The molecule has 0 aliphatic rings. The van der Waals surface area contributed by atoms with Crippen LogP contribution in [0.25, 0.3) is 0 Å². The first-order valence-electron chi connectivity index (χ1n) is 3.57. The number of hydrogen-bond acceptors (Lipinski definition) is 3. The van der Waals surface area contributed by atoms with Crippen LogP contribution in [-0.2, 0) is 14.3 Å². The van der Waals surface area contributed by atoms with Crippen molar-refractivity contribution < 1.29 is 14.3 Å². The van der Waals surface area contributed by atoms with Gasteiger partial charge in [-0.3, -0.25) is 4.79 Å². The molecule has 0 saturated heterocycles. The molecule has 3 heteroatoms. The third kappa shape index (κ3) is 5.45. The Morgan fingerprint density at radius 1 is 1.55 bits per heavy atom. The maximum Gasteiger partial charge on any atom is 0.309 e. The van der Waals surface area contributed by atoms with Gasteiger partial charge in [0.2, 0.25) is 0 Å². The van der Waals surface area contributed by atoms with Gasteiger partial charge < -0.3 is 9.47 Å². The molecule has 0 N–H and O–H groups in total. The van der Waals surface area contributed by atoms with Gasteiger partial charge in [-0.25, -0.2) is 0 Å². The summed E-state index contributed by atoms with van der Waals surface area (Å²) in [5, 5.41) is 0.